The lowest BCUT2D eigenvalue weighted by Gasteiger charge is -2.38. The van der Waals surface area contributed by atoms with Crippen molar-refractivity contribution in [3.05, 3.63) is 0 Å². The van der Waals surface area contributed by atoms with Crippen molar-refractivity contribution in [1.82, 2.24) is 9.80 Å². The van der Waals surface area contributed by atoms with Crippen molar-refractivity contribution in [3.8, 4) is 0 Å². The molecular formula is C13H23N3O2. The average Bonchev–Trinajstić information content (AvgIpc) is 2.76. The van der Waals surface area contributed by atoms with Crippen molar-refractivity contribution < 1.29 is 9.59 Å². The van der Waals surface area contributed by atoms with Crippen LogP contribution in [0.1, 0.15) is 32.6 Å². The maximum absolute atomic E-state index is 12.3. The smallest absolute Gasteiger partial charge is 0.225 e. The van der Waals surface area contributed by atoms with Gasteiger partial charge in [-0.15, -0.1) is 0 Å². The lowest BCUT2D eigenvalue weighted by Crippen LogP contribution is -2.54. The van der Waals surface area contributed by atoms with E-state index in [2.05, 4.69) is 0 Å². The molecule has 2 heterocycles. The molecule has 2 amide bonds. The third kappa shape index (κ3) is 2.66. The summed E-state index contributed by atoms with van der Waals surface area (Å²) in [4.78, 5) is 27.7. The van der Waals surface area contributed by atoms with Crippen LogP contribution >= 0.6 is 0 Å². The Morgan fingerprint density at radius 1 is 1.50 bits per heavy atom. The summed E-state index contributed by atoms with van der Waals surface area (Å²) in [5.41, 5.74) is 5.47. The van der Waals surface area contributed by atoms with Crippen LogP contribution in [0.2, 0.25) is 0 Å². The first-order valence-corrected chi connectivity index (χ1v) is 6.91. The van der Waals surface area contributed by atoms with Gasteiger partial charge < -0.3 is 15.5 Å². The van der Waals surface area contributed by atoms with Crippen LogP contribution in [0.5, 0.6) is 0 Å². The number of nitrogens with two attached hydrogens (primary N) is 1. The van der Waals surface area contributed by atoms with Gasteiger partial charge >= 0.3 is 0 Å². The van der Waals surface area contributed by atoms with Crippen LogP contribution in [0, 0.1) is 5.92 Å². The summed E-state index contributed by atoms with van der Waals surface area (Å²) in [5, 5.41) is 0. The molecule has 2 atom stereocenters. The molecule has 0 spiro atoms. The van der Waals surface area contributed by atoms with Crippen LogP contribution in [0.3, 0.4) is 0 Å². The number of hydrogen-bond acceptors (Lipinski definition) is 3. The summed E-state index contributed by atoms with van der Waals surface area (Å²) < 4.78 is 0. The van der Waals surface area contributed by atoms with Gasteiger partial charge in [0, 0.05) is 38.0 Å². The zero-order valence-corrected chi connectivity index (χ0v) is 11.1. The number of carbonyl (C=O) groups excluding carboxylic acids is 2. The summed E-state index contributed by atoms with van der Waals surface area (Å²) in [6, 6.07) is 0.261. The zero-order chi connectivity index (χ0) is 13.1. The fourth-order valence-electron chi connectivity index (χ4n) is 2.92. The monoisotopic (exact) mass is 253 g/mol. The van der Waals surface area contributed by atoms with Gasteiger partial charge in [-0.05, 0) is 25.8 Å². The fraction of sp³-hybridized carbons (Fsp3) is 0.846. The minimum atomic E-state index is 0.0530. The van der Waals surface area contributed by atoms with E-state index < -0.39 is 0 Å². The number of fused-ring (bicyclic) bond motifs is 1. The van der Waals surface area contributed by atoms with Crippen molar-refractivity contribution in [3.63, 3.8) is 0 Å². The highest BCUT2D eigenvalue weighted by molar-refractivity contribution is 5.81. The SMILES string of the molecule is CC(CCCN)C(=O)N1CCN2C(=O)CCC2C1. The van der Waals surface area contributed by atoms with E-state index in [0.717, 1.165) is 25.8 Å². The third-order valence-corrected chi connectivity index (χ3v) is 4.07. The second-order valence-corrected chi connectivity index (χ2v) is 5.40. The number of rotatable bonds is 4. The Morgan fingerprint density at radius 3 is 3.00 bits per heavy atom. The quantitative estimate of drug-likeness (QED) is 0.778. The van der Waals surface area contributed by atoms with Gasteiger partial charge in [-0.2, -0.15) is 0 Å². The first kappa shape index (κ1) is 13.3. The minimum Gasteiger partial charge on any atom is -0.339 e. The van der Waals surface area contributed by atoms with Gasteiger partial charge in [-0.25, -0.2) is 0 Å². The predicted octanol–water partition coefficient (Wildman–Crippen LogP) is 0.195. The molecule has 2 N–H and O–H groups in total. The molecule has 0 aromatic carbocycles. The average molecular weight is 253 g/mol. The Labute approximate surface area is 108 Å². The summed E-state index contributed by atoms with van der Waals surface area (Å²) in [6.45, 7) is 4.73. The van der Waals surface area contributed by atoms with Crippen LogP contribution in [-0.2, 0) is 9.59 Å². The van der Waals surface area contributed by atoms with E-state index in [-0.39, 0.29) is 23.8 Å². The molecule has 0 saturated carbocycles. The molecule has 2 saturated heterocycles. The van der Waals surface area contributed by atoms with Crippen LogP contribution in [-0.4, -0.2) is 53.8 Å². The molecule has 2 rings (SSSR count). The highest BCUT2D eigenvalue weighted by atomic mass is 16.2. The summed E-state index contributed by atoms with van der Waals surface area (Å²) >= 11 is 0. The number of piperazine rings is 1. The Kier molecular flexibility index (Phi) is 4.22. The highest BCUT2D eigenvalue weighted by Crippen LogP contribution is 2.24. The molecule has 2 aliphatic heterocycles. The molecule has 0 bridgehead atoms. The van der Waals surface area contributed by atoms with Gasteiger partial charge in [0.25, 0.3) is 0 Å². The van der Waals surface area contributed by atoms with Crippen molar-refractivity contribution in [1.29, 1.82) is 0 Å². The molecule has 2 unspecified atom stereocenters. The second kappa shape index (κ2) is 5.69. The number of carbonyl (C=O) groups is 2. The van der Waals surface area contributed by atoms with E-state index in [1.165, 1.54) is 0 Å². The maximum atomic E-state index is 12.3. The summed E-state index contributed by atoms with van der Waals surface area (Å²) in [6.07, 6.45) is 3.31. The van der Waals surface area contributed by atoms with Crippen LogP contribution < -0.4 is 5.73 Å². The van der Waals surface area contributed by atoms with Crippen LogP contribution in [0.4, 0.5) is 0 Å². The van der Waals surface area contributed by atoms with Gasteiger partial charge in [-0.1, -0.05) is 6.92 Å². The molecule has 5 heteroatoms. The maximum Gasteiger partial charge on any atom is 0.225 e. The van der Waals surface area contributed by atoms with Crippen molar-refractivity contribution in [2.75, 3.05) is 26.2 Å². The molecular weight excluding hydrogens is 230 g/mol. The molecule has 2 aliphatic rings. The van der Waals surface area contributed by atoms with Crippen molar-refractivity contribution in [2.45, 2.75) is 38.6 Å². The molecule has 0 aromatic rings. The summed E-state index contributed by atoms with van der Waals surface area (Å²) in [5.74, 6) is 0.530. The van der Waals surface area contributed by atoms with E-state index in [9.17, 15) is 9.59 Å². The van der Waals surface area contributed by atoms with E-state index in [1.54, 1.807) is 0 Å². The van der Waals surface area contributed by atoms with Crippen LogP contribution in [0.15, 0.2) is 0 Å². The Bertz CT molecular complexity index is 332. The molecule has 102 valence electrons. The first-order valence-electron chi connectivity index (χ1n) is 6.91. The van der Waals surface area contributed by atoms with Gasteiger partial charge in [-0.3, -0.25) is 9.59 Å². The Balaban J connectivity index is 1.87. The van der Waals surface area contributed by atoms with Gasteiger partial charge in [0.05, 0.1) is 0 Å². The predicted molar refractivity (Wildman–Crippen MR) is 68.8 cm³/mol. The molecule has 0 aromatic heterocycles. The summed E-state index contributed by atoms with van der Waals surface area (Å²) in [7, 11) is 0. The third-order valence-electron chi connectivity index (χ3n) is 4.07. The fourth-order valence-corrected chi connectivity index (χ4v) is 2.92. The van der Waals surface area contributed by atoms with Crippen LogP contribution in [0.25, 0.3) is 0 Å². The lowest BCUT2D eigenvalue weighted by atomic mass is 10.0. The largest absolute Gasteiger partial charge is 0.339 e. The Hall–Kier alpha value is -1.10. The molecule has 0 aliphatic carbocycles. The molecule has 5 nitrogen and oxygen atoms in total. The van der Waals surface area contributed by atoms with Gasteiger partial charge in [0.15, 0.2) is 0 Å². The standard InChI is InChI=1S/C13H23N3O2/c1-10(3-2-6-14)13(18)15-7-8-16-11(9-15)4-5-12(16)17/h10-11H,2-9,14H2,1H3. The minimum absolute atomic E-state index is 0.0530. The number of hydrogen-bond donors (Lipinski definition) is 1. The lowest BCUT2D eigenvalue weighted by molar-refractivity contribution is -0.141. The second-order valence-electron chi connectivity index (χ2n) is 5.40. The van der Waals surface area contributed by atoms with Crippen molar-refractivity contribution >= 4 is 11.8 Å². The van der Waals surface area contributed by atoms with Gasteiger partial charge in [0.2, 0.25) is 11.8 Å². The normalized spacial score (nSPS) is 25.2. The molecule has 2 fully saturated rings. The van der Waals surface area contributed by atoms with Crippen molar-refractivity contribution in [2.24, 2.45) is 11.7 Å². The topological polar surface area (TPSA) is 66.6 Å². The number of amides is 2. The number of nitrogens with zero attached hydrogens (tertiary/aromatic N) is 2. The highest BCUT2D eigenvalue weighted by Gasteiger charge is 2.37. The molecule has 0 radical (unpaired) electrons. The van der Waals surface area contributed by atoms with E-state index in [4.69, 9.17) is 5.73 Å². The zero-order valence-electron chi connectivity index (χ0n) is 11.1. The van der Waals surface area contributed by atoms with E-state index in [1.807, 2.05) is 16.7 Å². The van der Waals surface area contributed by atoms with Gasteiger partial charge in [0.1, 0.15) is 0 Å². The van der Waals surface area contributed by atoms with E-state index >= 15 is 0 Å². The first-order chi connectivity index (χ1) is 8.63. The Morgan fingerprint density at radius 2 is 2.28 bits per heavy atom. The van der Waals surface area contributed by atoms with E-state index in [0.29, 0.717) is 26.1 Å². The molecule has 18 heavy (non-hydrogen) atoms.